The number of hydrogen-bond acceptors (Lipinski definition) is 5. The van der Waals surface area contributed by atoms with E-state index in [1.54, 1.807) is 13.2 Å². The molecule has 2 amide bonds. The molecular formula is C22H24N4O2S. The minimum atomic E-state index is -0.219. The molecule has 0 bridgehead atoms. The van der Waals surface area contributed by atoms with Gasteiger partial charge in [-0.05, 0) is 44.0 Å². The fraction of sp³-hybridized carbons (Fsp3) is 0.273. The van der Waals surface area contributed by atoms with E-state index in [4.69, 9.17) is 0 Å². The van der Waals surface area contributed by atoms with Crippen molar-refractivity contribution >= 4 is 28.8 Å². The molecule has 0 fully saturated rings. The molecule has 2 aromatic heterocycles. The molecule has 1 N–H and O–H groups in total. The van der Waals surface area contributed by atoms with Crippen LogP contribution in [0, 0.1) is 20.8 Å². The first-order chi connectivity index (χ1) is 13.8. The second kappa shape index (κ2) is 8.96. The summed E-state index contributed by atoms with van der Waals surface area (Å²) >= 11 is 1.45. The number of aromatic nitrogens is 2. The fourth-order valence-electron chi connectivity index (χ4n) is 3.14. The average molecular weight is 409 g/mol. The molecule has 0 aliphatic heterocycles. The summed E-state index contributed by atoms with van der Waals surface area (Å²) in [5, 5.41) is 5.56. The monoisotopic (exact) mass is 408 g/mol. The summed E-state index contributed by atoms with van der Waals surface area (Å²) in [5.41, 5.74) is 5.44. The van der Waals surface area contributed by atoms with Crippen LogP contribution >= 0.6 is 11.3 Å². The van der Waals surface area contributed by atoms with E-state index in [-0.39, 0.29) is 24.8 Å². The molecule has 0 aliphatic rings. The van der Waals surface area contributed by atoms with Crippen LogP contribution in [0.2, 0.25) is 0 Å². The second-order valence-corrected chi connectivity index (χ2v) is 7.97. The standard InChI is InChI=1S/C22H24N4O2S/c1-14-9-15(2)21(16(3)10-14)25-19(27)12-26(4)20(28)11-17-13-29-22(24-17)18-7-5-6-8-23-18/h5-10,13H,11-12H2,1-4H3,(H,25,27). The first kappa shape index (κ1) is 20.7. The van der Waals surface area contributed by atoms with Crippen molar-refractivity contribution in [2.75, 3.05) is 18.9 Å². The Labute approximate surface area is 174 Å². The van der Waals surface area contributed by atoms with Crippen molar-refractivity contribution in [2.24, 2.45) is 0 Å². The number of pyridine rings is 1. The lowest BCUT2D eigenvalue weighted by Gasteiger charge is -2.18. The van der Waals surface area contributed by atoms with Gasteiger partial charge in [-0.2, -0.15) is 0 Å². The maximum absolute atomic E-state index is 12.5. The van der Waals surface area contributed by atoms with Crippen LogP contribution in [0.15, 0.2) is 41.9 Å². The Balaban J connectivity index is 1.58. The van der Waals surface area contributed by atoms with E-state index in [9.17, 15) is 9.59 Å². The largest absolute Gasteiger partial charge is 0.336 e. The number of anilines is 1. The van der Waals surface area contributed by atoms with Crippen molar-refractivity contribution in [3.05, 3.63) is 64.3 Å². The van der Waals surface area contributed by atoms with E-state index in [2.05, 4.69) is 15.3 Å². The van der Waals surface area contributed by atoms with E-state index >= 15 is 0 Å². The van der Waals surface area contributed by atoms with Crippen molar-refractivity contribution in [2.45, 2.75) is 27.2 Å². The fourth-order valence-corrected chi connectivity index (χ4v) is 3.94. The lowest BCUT2D eigenvalue weighted by molar-refractivity contribution is -0.132. The minimum Gasteiger partial charge on any atom is -0.336 e. The zero-order chi connectivity index (χ0) is 21.0. The molecule has 0 atom stereocenters. The number of benzene rings is 1. The zero-order valence-electron chi connectivity index (χ0n) is 17.0. The van der Waals surface area contributed by atoms with Gasteiger partial charge in [0.15, 0.2) is 0 Å². The van der Waals surface area contributed by atoms with Crippen molar-refractivity contribution in [3.8, 4) is 10.7 Å². The molecule has 1 aromatic carbocycles. The highest BCUT2D eigenvalue weighted by Gasteiger charge is 2.17. The van der Waals surface area contributed by atoms with Crippen molar-refractivity contribution in [1.82, 2.24) is 14.9 Å². The van der Waals surface area contributed by atoms with E-state index in [0.29, 0.717) is 5.69 Å². The predicted octanol–water partition coefficient (Wildman–Crippen LogP) is 3.77. The number of rotatable bonds is 6. The van der Waals surface area contributed by atoms with Gasteiger partial charge in [-0.25, -0.2) is 4.98 Å². The van der Waals surface area contributed by atoms with Gasteiger partial charge in [0.2, 0.25) is 11.8 Å². The summed E-state index contributed by atoms with van der Waals surface area (Å²) in [6.07, 6.45) is 1.86. The lowest BCUT2D eigenvalue weighted by Crippen LogP contribution is -2.36. The Kier molecular flexibility index (Phi) is 6.39. The second-order valence-electron chi connectivity index (χ2n) is 7.11. The topological polar surface area (TPSA) is 75.2 Å². The summed E-state index contributed by atoms with van der Waals surface area (Å²) in [6, 6.07) is 9.69. The van der Waals surface area contributed by atoms with Gasteiger partial charge in [-0.3, -0.25) is 14.6 Å². The van der Waals surface area contributed by atoms with Crippen molar-refractivity contribution in [1.29, 1.82) is 0 Å². The molecule has 3 aromatic rings. The van der Waals surface area contributed by atoms with Crippen LogP contribution in [0.4, 0.5) is 5.69 Å². The number of amides is 2. The quantitative estimate of drug-likeness (QED) is 0.674. The van der Waals surface area contributed by atoms with Crippen LogP contribution in [-0.4, -0.2) is 40.3 Å². The van der Waals surface area contributed by atoms with Crippen LogP contribution in [0.5, 0.6) is 0 Å². The number of carbonyl (C=O) groups is 2. The SMILES string of the molecule is Cc1cc(C)c(NC(=O)CN(C)C(=O)Cc2csc(-c3ccccn3)n2)c(C)c1. The summed E-state index contributed by atoms with van der Waals surface area (Å²) in [6.45, 7) is 5.94. The third-order valence-corrected chi connectivity index (χ3v) is 5.43. The van der Waals surface area contributed by atoms with E-state index < -0.39 is 0 Å². The number of likely N-dealkylation sites (N-methyl/N-ethyl adjacent to an activating group) is 1. The molecular weight excluding hydrogens is 384 g/mol. The third kappa shape index (κ3) is 5.26. The molecule has 0 radical (unpaired) electrons. The number of aryl methyl sites for hydroxylation is 3. The highest BCUT2D eigenvalue weighted by atomic mass is 32.1. The highest BCUT2D eigenvalue weighted by molar-refractivity contribution is 7.13. The first-order valence-corrected chi connectivity index (χ1v) is 10.2. The Bertz CT molecular complexity index is 1010. The average Bonchev–Trinajstić information content (AvgIpc) is 3.14. The summed E-state index contributed by atoms with van der Waals surface area (Å²) < 4.78 is 0. The minimum absolute atomic E-state index is 0.0111. The highest BCUT2D eigenvalue weighted by Crippen LogP contribution is 2.23. The smallest absolute Gasteiger partial charge is 0.243 e. The molecule has 0 spiro atoms. The van der Waals surface area contributed by atoms with Gasteiger partial charge >= 0.3 is 0 Å². The van der Waals surface area contributed by atoms with E-state index in [0.717, 1.165) is 33.1 Å². The van der Waals surface area contributed by atoms with Crippen LogP contribution < -0.4 is 5.32 Å². The number of nitrogens with one attached hydrogen (secondary N) is 1. The van der Waals surface area contributed by atoms with Gasteiger partial charge in [0.25, 0.3) is 0 Å². The molecule has 0 saturated heterocycles. The Morgan fingerprint density at radius 2 is 1.86 bits per heavy atom. The van der Waals surface area contributed by atoms with Crippen LogP contribution in [-0.2, 0) is 16.0 Å². The summed E-state index contributed by atoms with van der Waals surface area (Å²) in [5.74, 6) is -0.376. The Hall–Kier alpha value is -3.06. The molecule has 0 aliphatic carbocycles. The first-order valence-electron chi connectivity index (χ1n) is 9.31. The molecule has 0 unspecified atom stereocenters. The van der Waals surface area contributed by atoms with E-state index in [1.165, 1.54) is 16.2 Å². The summed E-state index contributed by atoms with van der Waals surface area (Å²) in [4.78, 5) is 35.1. The number of nitrogens with zero attached hydrogens (tertiary/aromatic N) is 3. The maximum atomic E-state index is 12.5. The maximum Gasteiger partial charge on any atom is 0.243 e. The van der Waals surface area contributed by atoms with Gasteiger partial charge < -0.3 is 10.2 Å². The van der Waals surface area contributed by atoms with Gasteiger partial charge in [-0.1, -0.05) is 23.8 Å². The molecule has 3 rings (SSSR count). The zero-order valence-corrected chi connectivity index (χ0v) is 17.8. The molecule has 150 valence electrons. The van der Waals surface area contributed by atoms with Crippen LogP contribution in [0.25, 0.3) is 10.7 Å². The molecule has 29 heavy (non-hydrogen) atoms. The van der Waals surface area contributed by atoms with Gasteiger partial charge in [0.05, 0.1) is 24.4 Å². The van der Waals surface area contributed by atoms with Crippen molar-refractivity contribution in [3.63, 3.8) is 0 Å². The predicted molar refractivity (Wildman–Crippen MR) is 116 cm³/mol. The summed E-state index contributed by atoms with van der Waals surface area (Å²) in [7, 11) is 1.63. The lowest BCUT2D eigenvalue weighted by atomic mass is 10.1. The van der Waals surface area contributed by atoms with Crippen LogP contribution in [0.3, 0.4) is 0 Å². The number of hydrogen-bond donors (Lipinski definition) is 1. The Morgan fingerprint density at radius 3 is 2.52 bits per heavy atom. The number of carbonyl (C=O) groups excluding carboxylic acids is 2. The Morgan fingerprint density at radius 1 is 1.14 bits per heavy atom. The van der Waals surface area contributed by atoms with Crippen LogP contribution in [0.1, 0.15) is 22.4 Å². The van der Waals surface area contributed by atoms with Gasteiger partial charge in [-0.15, -0.1) is 11.3 Å². The third-order valence-electron chi connectivity index (χ3n) is 4.52. The van der Waals surface area contributed by atoms with Crippen molar-refractivity contribution < 1.29 is 9.59 Å². The molecule has 6 nitrogen and oxygen atoms in total. The van der Waals surface area contributed by atoms with Gasteiger partial charge in [0.1, 0.15) is 5.01 Å². The van der Waals surface area contributed by atoms with E-state index in [1.807, 2.05) is 56.5 Å². The molecule has 2 heterocycles. The number of thiazole rings is 1. The van der Waals surface area contributed by atoms with Gasteiger partial charge in [0, 0.05) is 24.3 Å². The normalized spacial score (nSPS) is 10.6. The molecule has 7 heteroatoms. The molecule has 0 saturated carbocycles.